The fourth-order valence-corrected chi connectivity index (χ4v) is 4.10. The molecular weight excluding hydrogens is 428 g/mol. The molecule has 1 aliphatic heterocycles. The number of phenolic OH excluding ortho intramolecular Hbond substituents is 2. The number of carbonyl (C=O) groups excluding carboxylic acids is 3. The average molecular weight is 456 g/mol. The fourth-order valence-electron chi connectivity index (χ4n) is 4.10. The minimum atomic E-state index is -0.640. The molecule has 0 amide bonds. The van der Waals surface area contributed by atoms with E-state index in [1.165, 1.54) is 19.1 Å². The third-order valence-corrected chi connectivity index (χ3v) is 5.68. The molecule has 176 valence electrons. The lowest BCUT2D eigenvalue weighted by molar-refractivity contribution is -0.155. The van der Waals surface area contributed by atoms with Crippen LogP contribution in [0, 0.1) is 0 Å². The van der Waals surface area contributed by atoms with Crippen molar-refractivity contribution in [3.05, 3.63) is 57.6 Å². The zero-order valence-corrected chi connectivity index (χ0v) is 18.6. The van der Waals surface area contributed by atoms with Gasteiger partial charge in [0.25, 0.3) is 0 Å². The number of carbonyl (C=O) groups is 3. The minimum absolute atomic E-state index is 0.106. The van der Waals surface area contributed by atoms with E-state index in [0.29, 0.717) is 31.2 Å². The molecule has 2 atom stereocenters. The van der Waals surface area contributed by atoms with Crippen LogP contribution >= 0.6 is 0 Å². The van der Waals surface area contributed by atoms with Crippen molar-refractivity contribution in [3.63, 3.8) is 0 Å². The number of aliphatic hydroxyl groups excluding tert-OH is 2. The second-order valence-corrected chi connectivity index (χ2v) is 8.26. The van der Waals surface area contributed by atoms with Crippen LogP contribution in [0.2, 0.25) is 0 Å². The van der Waals surface area contributed by atoms with Crippen molar-refractivity contribution in [3.8, 4) is 11.5 Å². The Bertz CT molecular complexity index is 1070. The Labute approximate surface area is 191 Å². The van der Waals surface area contributed by atoms with Crippen LogP contribution < -0.4 is 0 Å². The molecule has 0 radical (unpaired) electrons. The summed E-state index contributed by atoms with van der Waals surface area (Å²) in [6.45, 7) is 3.53. The number of benzene rings is 2. The molecule has 2 aromatic rings. The van der Waals surface area contributed by atoms with Gasteiger partial charge in [-0.2, -0.15) is 0 Å². The maximum absolute atomic E-state index is 12.8. The summed E-state index contributed by atoms with van der Waals surface area (Å²) in [6.07, 6.45) is 1.14. The molecule has 0 aromatic heterocycles. The molecule has 1 fully saturated rings. The van der Waals surface area contributed by atoms with Crippen molar-refractivity contribution in [2.45, 2.75) is 58.3 Å². The molecule has 8 heteroatoms. The van der Waals surface area contributed by atoms with E-state index in [1.54, 1.807) is 12.1 Å². The van der Waals surface area contributed by atoms with Crippen LogP contribution in [-0.4, -0.2) is 56.8 Å². The first kappa shape index (κ1) is 24.6. The van der Waals surface area contributed by atoms with E-state index in [0.717, 1.165) is 0 Å². The standard InChI is InChI=1S/C20H18O5.C5H10O3/c1-3-6-11-14(9-10(2)21)20(25)16-15(17(11)22)18(23)12-7-4-5-8-13(12)19(16)24;6-4-1-2-5(7)8-3-4/h4-5,7-8,22,25H,3,6,9H2,1-2H3;4-7H,1-3H2/t;4-,5?/m.0/s1. The predicted molar refractivity (Wildman–Crippen MR) is 119 cm³/mol. The molecule has 1 aliphatic carbocycles. The van der Waals surface area contributed by atoms with E-state index < -0.39 is 17.9 Å². The number of fused-ring (bicyclic) bond motifs is 2. The van der Waals surface area contributed by atoms with E-state index in [1.807, 2.05) is 6.92 Å². The lowest BCUT2D eigenvalue weighted by Crippen LogP contribution is -2.28. The van der Waals surface area contributed by atoms with Gasteiger partial charge in [0.1, 0.15) is 17.3 Å². The number of Topliss-reactive ketones (excluding diaryl/α,β-unsaturated/α-hetero) is 1. The van der Waals surface area contributed by atoms with Crippen LogP contribution in [0.15, 0.2) is 24.3 Å². The van der Waals surface area contributed by atoms with Crippen LogP contribution in [0.4, 0.5) is 0 Å². The number of aromatic hydroxyl groups is 2. The van der Waals surface area contributed by atoms with Crippen molar-refractivity contribution in [1.82, 2.24) is 0 Å². The van der Waals surface area contributed by atoms with Crippen LogP contribution in [0.3, 0.4) is 0 Å². The monoisotopic (exact) mass is 456 g/mol. The van der Waals surface area contributed by atoms with Gasteiger partial charge in [-0.25, -0.2) is 0 Å². The highest BCUT2D eigenvalue weighted by molar-refractivity contribution is 6.30. The molecular formula is C25H28O8. The van der Waals surface area contributed by atoms with Crippen LogP contribution in [-0.2, 0) is 22.4 Å². The van der Waals surface area contributed by atoms with E-state index in [4.69, 9.17) is 14.9 Å². The normalized spacial score (nSPS) is 19.3. The predicted octanol–water partition coefficient (Wildman–Crippen LogP) is 2.43. The summed E-state index contributed by atoms with van der Waals surface area (Å²) < 4.78 is 4.70. The molecule has 0 spiro atoms. The van der Waals surface area contributed by atoms with E-state index in [2.05, 4.69) is 0 Å². The number of hydrogen-bond donors (Lipinski definition) is 4. The second-order valence-electron chi connectivity index (χ2n) is 8.26. The summed E-state index contributed by atoms with van der Waals surface area (Å²) >= 11 is 0. The molecule has 33 heavy (non-hydrogen) atoms. The maximum atomic E-state index is 12.8. The van der Waals surface area contributed by atoms with Crippen molar-refractivity contribution in [2.24, 2.45) is 0 Å². The Hall–Kier alpha value is -3.07. The molecule has 1 unspecified atom stereocenters. The van der Waals surface area contributed by atoms with Crippen LogP contribution in [0.5, 0.6) is 11.5 Å². The van der Waals surface area contributed by atoms with Crippen LogP contribution in [0.1, 0.15) is 76.1 Å². The summed E-state index contributed by atoms with van der Waals surface area (Å²) in [5.74, 6) is -1.91. The third-order valence-electron chi connectivity index (χ3n) is 5.68. The summed E-state index contributed by atoms with van der Waals surface area (Å²) in [4.78, 5) is 37.3. The Morgan fingerprint density at radius 1 is 0.970 bits per heavy atom. The maximum Gasteiger partial charge on any atom is 0.198 e. The molecule has 2 aromatic carbocycles. The van der Waals surface area contributed by atoms with Gasteiger partial charge in [-0.15, -0.1) is 0 Å². The van der Waals surface area contributed by atoms with Gasteiger partial charge in [-0.05, 0) is 19.8 Å². The van der Waals surface area contributed by atoms with E-state index in [9.17, 15) is 24.6 Å². The molecule has 2 aliphatic rings. The zero-order valence-electron chi connectivity index (χ0n) is 18.6. The van der Waals surface area contributed by atoms with Gasteiger partial charge in [0.2, 0.25) is 0 Å². The first-order chi connectivity index (χ1) is 15.7. The van der Waals surface area contributed by atoms with Crippen molar-refractivity contribution in [2.75, 3.05) is 6.61 Å². The summed E-state index contributed by atoms with van der Waals surface area (Å²) in [5, 5.41) is 38.9. The molecule has 0 saturated carbocycles. The first-order valence-corrected chi connectivity index (χ1v) is 10.9. The molecule has 0 bridgehead atoms. The Morgan fingerprint density at radius 2 is 1.52 bits per heavy atom. The van der Waals surface area contributed by atoms with Gasteiger partial charge in [0, 0.05) is 35.1 Å². The SMILES string of the molecule is CCCc1c(O)c2c(c(O)c1CC(C)=O)C(=O)c1ccccc1C2=O.OC1CC[C@H](O)CO1. The third kappa shape index (κ3) is 4.98. The van der Waals surface area contributed by atoms with Gasteiger partial charge in [0.05, 0.1) is 23.8 Å². The van der Waals surface area contributed by atoms with Gasteiger partial charge >= 0.3 is 0 Å². The molecule has 8 nitrogen and oxygen atoms in total. The van der Waals surface area contributed by atoms with Crippen molar-refractivity contribution < 1.29 is 39.5 Å². The number of hydrogen-bond acceptors (Lipinski definition) is 8. The number of rotatable bonds is 4. The minimum Gasteiger partial charge on any atom is -0.507 e. The van der Waals surface area contributed by atoms with Crippen molar-refractivity contribution in [1.29, 1.82) is 0 Å². The Balaban J connectivity index is 0.000000323. The van der Waals surface area contributed by atoms with Gasteiger partial charge in [-0.3, -0.25) is 14.4 Å². The summed E-state index contributed by atoms with van der Waals surface area (Å²) in [7, 11) is 0. The largest absolute Gasteiger partial charge is 0.507 e. The van der Waals surface area contributed by atoms with Gasteiger partial charge < -0.3 is 25.2 Å². The number of aliphatic hydroxyl groups is 2. The number of ketones is 3. The number of phenols is 2. The molecule has 4 rings (SSSR count). The number of ether oxygens (including phenoxy) is 1. The highest BCUT2D eigenvalue weighted by Gasteiger charge is 2.37. The quantitative estimate of drug-likeness (QED) is 0.439. The smallest absolute Gasteiger partial charge is 0.198 e. The fraction of sp³-hybridized carbons (Fsp3) is 0.400. The van der Waals surface area contributed by atoms with Gasteiger partial charge in [-0.1, -0.05) is 37.6 Å². The van der Waals surface area contributed by atoms with Crippen LogP contribution in [0.25, 0.3) is 0 Å². The highest BCUT2D eigenvalue weighted by atomic mass is 16.6. The summed E-state index contributed by atoms with van der Waals surface area (Å²) in [5.41, 5.74) is 0.595. The average Bonchev–Trinajstić information content (AvgIpc) is 2.79. The Morgan fingerprint density at radius 3 is 1.94 bits per heavy atom. The second kappa shape index (κ2) is 10.2. The first-order valence-electron chi connectivity index (χ1n) is 10.9. The topological polar surface area (TPSA) is 141 Å². The van der Waals surface area contributed by atoms with Gasteiger partial charge in [0.15, 0.2) is 17.9 Å². The van der Waals surface area contributed by atoms with E-state index in [-0.39, 0.29) is 64.2 Å². The van der Waals surface area contributed by atoms with E-state index >= 15 is 0 Å². The summed E-state index contributed by atoms with van der Waals surface area (Å²) in [6, 6.07) is 6.31. The lowest BCUT2D eigenvalue weighted by Gasteiger charge is -2.23. The molecule has 1 saturated heterocycles. The zero-order chi connectivity index (χ0) is 24.3. The molecule has 4 N–H and O–H groups in total. The highest BCUT2D eigenvalue weighted by Crippen LogP contribution is 2.43. The Kier molecular flexibility index (Phi) is 7.63. The molecule has 1 heterocycles. The van der Waals surface area contributed by atoms with Crippen molar-refractivity contribution >= 4 is 17.3 Å². The lowest BCUT2D eigenvalue weighted by atomic mass is 9.79.